The van der Waals surface area contributed by atoms with Crippen molar-refractivity contribution in [3.63, 3.8) is 0 Å². The van der Waals surface area contributed by atoms with Crippen molar-refractivity contribution in [3.8, 4) is 0 Å². The molecule has 16 heavy (non-hydrogen) atoms. The Labute approximate surface area is 102 Å². The second-order valence-electron chi connectivity index (χ2n) is 3.38. The Balaban J connectivity index is -0.000000205. The second-order valence-corrected chi connectivity index (χ2v) is 3.38. The predicted molar refractivity (Wildman–Crippen MR) is 71.7 cm³/mol. The molecule has 0 aliphatic rings. The third-order valence-corrected chi connectivity index (χ3v) is 2.02. The van der Waals surface area contributed by atoms with Crippen molar-refractivity contribution in [1.82, 2.24) is 5.32 Å². The molecule has 100 valence electrons. The molecule has 1 atom stereocenters. The molecular weight excluding hydrogens is 202 g/mol. The van der Waals surface area contributed by atoms with Crippen molar-refractivity contribution in [2.24, 2.45) is 0 Å². The van der Waals surface area contributed by atoms with Gasteiger partial charge in [0.2, 0.25) is 0 Å². The highest BCUT2D eigenvalue weighted by molar-refractivity contribution is 5.65. The molecule has 0 amide bonds. The number of unbranched alkanes of at least 4 members (excludes halogenated alkanes) is 2. The normalized spacial score (nSPS) is 10.2. The molecule has 1 N–H and O–H groups in total. The Kier molecular flexibility index (Phi) is 25.9. The summed E-state index contributed by atoms with van der Waals surface area (Å²) in [6.45, 7) is 9.83. The van der Waals surface area contributed by atoms with E-state index >= 15 is 0 Å². The van der Waals surface area contributed by atoms with Crippen LogP contribution < -0.4 is 5.32 Å². The van der Waals surface area contributed by atoms with Gasteiger partial charge >= 0.3 is 5.97 Å². The predicted octanol–water partition coefficient (Wildman–Crippen LogP) is 3.38. The summed E-state index contributed by atoms with van der Waals surface area (Å²) in [6.07, 6.45) is 5.41. The molecule has 0 aliphatic carbocycles. The number of nitrogens with one attached hydrogen (secondary N) is 1. The summed E-state index contributed by atoms with van der Waals surface area (Å²) in [5, 5.41) is 3.22. The zero-order valence-electron chi connectivity index (χ0n) is 12.2. The highest BCUT2D eigenvalue weighted by Gasteiger charge is 1.94. The van der Waals surface area contributed by atoms with Gasteiger partial charge in [0.05, 0.1) is 7.11 Å². The van der Waals surface area contributed by atoms with Crippen LogP contribution in [0.25, 0.3) is 0 Å². The van der Waals surface area contributed by atoms with Crippen LogP contribution in [0.4, 0.5) is 0 Å². The van der Waals surface area contributed by atoms with E-state index in [1.54, 1.807) is 0 Å². The molecule has 0 saturated heterocycles. The number of hydrogen-bond donors (Lipinski definition) is 1. The molecule has 0 aromatic rings. The quantitative estimate of drug-likeness (QED) is 0.584. The maximum atomic E-state index is 9.59. The smallest absolute Gasteiger partial charge is 0.302 e. The van der Waals surface area contributed by atoms with Gasteiger partial charge in [0, 0.05) is 13.0 Å². The first-order valence-corrected chi connectivity index (χ1v) is 6.30. The minimum absolute atomic E-state index is 0.245. The van der Waals surface area contributed by atoms with E-state index in [9.17, 15) is 4.79 Å². The van der Waals surface area contributed by atoms with Crippen LogP contribution >= 0.6 is 0 Å². The van der Waals surface area contributed by atoms with Crippen molar-refractivity contribution < 1.29 is 9.53 Å². The van der Waals surface area contributed by atoms with Crippen LogP contribution in [0.1, 0.15) is 60.3 Å². The van der Waals surface area contributed by atoms with Gasteiger partial charge in [-0.1, -0.05) is 40.0 Å². The average molecular weight is 233 g/mol. The van der Waals surface area contributed by atoms with Crippen molar-refractivity contribution in [3.05, 3.63) is 0 Å². The molecule has 0 aliphatic heterocycles. The number of carbonyl (C=O) groups is 1. The Morgan fingerprint density at radius 3 is 2.00 bits per heavy atom. The topological polar surface area (TPSA) is 38.3 Å². The Morgan fingerprint density at radius 1 is 1.31 bits per heavy atom. The molecule has 0 spiro atoms. The monoisotopic (exact) mass is 233 g/mol. The minimum Gasteiger partial charge on any atom is -0.469 e. The lowest BCUT2D eigenvalue weighted by Gasteiger charge is -2.07. The lowest BCUT2D eigenvalue weighted by molar-refractivity contribution is -0.137. The summed E-state index contributed by atoms with van der Waals surface area (Å²) in [5.74, 6) is -0.245. The second kappa shape index (κ2) is 19.9. The van der Waals surface area contributed by atoms with Gasteiger partial charge in [-0.3, -0.25) is 4.79 Å². The third-order valence-electron chi connectivity index (χ3n) is 2.02. The van der Waals surface area contributed by atoms with Crippen molar-refractivity contribution in [2.75, 3.05) is 14.2 Å². The number of hydrogen-bond acceptors (Lipinski definition) is 3. The summed E-state index contributed by atoms with van der Waals surface area (Å²) in [4.78, 5) is 9.59. The molecule has 0 rings (SSSR count). The highest BCUT2D eigenvalue weighted by Crippen LogP contribution is 2.01. The molecule has 0 heterocycles. The molecular formula is C13H31NO2. The van der Waals surface area contributed by atoms with E-state index in [1.165, 1.54) is 39.7 Å². The van der Waals surface area contributed by atoms with Gasteiger partial charge in [-0.25, -0.2) is 0 Å². The standard InChI is InChI=1S/C8H19N.C3H6O2.C2H6/c1-4-5-6-7-8(2)9-3;1-3(4)5-2;1-2/h8-9H,4-7H2,1-3H3;1-2H3;1-2H3. The molecule has 0 fully saturated rings. The van der Waals surface area contributed by atoms with Crippen LogP contribution in [0.3, 0.4) is 0 Å². The molecule has 0 radical (unpaired) electrons. The summed E-state index contributed by atoms with van der Waals surface area (Å²) in [7, 11) is 3.37. The zero-order valence-corrected chi connectivity index (χ0v) is 12.2. The van der Waals surface area contributed by atoms with E-state index in [0.717, 1.165) is 0 Å². The number of carbonyl (C=O) groups excluding carboxylic acids is 1. The van der Waals surface area contributed by atoms with Gasteiger partial charge in [0.15, 0.2) is 0 Å². The number of rotatable bonds is 5. The van der Waals surface area contributed by atoms with E-state index in [4.69, 9.17) is 0 Å². The largest absolute Gasteiger partial charge is 0.469 e. The van der Waals surface area contributed by atoms with Gasteiger partial charge < -0.3 is 10.1 Å². The van der Waals surface area contributed by atoms with E-state index in [-0.39, 0.29) is 5.97 Å². The molecule has 0 aromatic heterocycles. The van der Waals surface area contributed by atoms with Crippen LogP contribution in [0.2, 0.25) is 0 Å². The van der Waals surface area contributed by atoms with E-state index in [1.807, 2.05) is 20.9 Å². The molecule has 0 saturated carbocycles. The van der Waals surface area contributed by atoms with Crippen molar-refractivity contribution in [2.45, 2.75) is 66.3 Å². The van der Waals surface area contributed by atoms with Crippen LogP contribution in [0, 0.1) is 0 Å². The van der Waals surface area contributed by atoms with Crippen LogP contribution in [-0.4, -0.2) is 26.2 Å². The van der Waals surface area contributed by atoms with Crippen molar-refractivity contribution in [1.29, 1.82) is 0 Å². The van der Waals surface area contributed by atoms with Crippen molar-refractivity contribution >= 4 is 5.97 Å². The summed E-state index contributed by atoms with van der Waals surface area (Å²) in [6, 6.07) is 0.705. The average Bonchev–Trinajstić information content (AvgIpc) is 2.32. The van der Waals surface area contributed by atoms with Crippen LogP contribution in [0.15, 0.2) is 0 Å². The Morgan fingerprint density at radius 2 is 1.75 bits per heavy atom. The fraction of sp³-hybridized carbons (Fsp3) is 0.923. The highest BCUT2D eigenvalue weighted by atomic mass is 16.5. The Bertz CT molecular complexity index is 127. The lowest BCUT2D eigenvalue weighted by Crippen LogP contribution is -2.20. The van der Waals surface area contributed by atoms with Crippen LogP contribution in [-0.2, 0) is 9.53 Å². The summed E-state index contributed by atoms with van der Waals surface area (Å²) < 4.78 is 4.11. The third kappa shape index (κ3) is 29.2. The van der Waals surface area contributed by atoms with Gasteiger partial charge in [-0.05, 0) is 20.4 Å². The first-order valence-electron chi connectivity index (χ1n) is 6.30. The first-order chi connectivity index (χ1) is 7.58. The minimum atomic E-state index is -0.245. The van der Waals surface area contributed by atoms with Gasteiger partial charge in [-0.2, -0.15) is 0 Å². The number of esters is 1. The Hall–Kier alpha value is -0.570. The lowest BCUT2D eigenvalue weighted by atomic mass is 10.1. The zero-order chi connectivity index (χ0) is 13.4. The fourth-order valence-electron chi connectivity index (χ4n) is 0.845. The molecule has 1 unspecified atom stereocenters. The number of ether oxygens (including phenoxy) is 1. The summed E-state index contributed by atoms with van der Waals surface area (Å²) >= 11 is 0. The van der Waals surface area contributed by atoms with E-state index < -0.39 is 0 Å². The van der Waals surface area contributed by atoms with E-state index in [0.29, 0.717) is 6.04 Å². The maximum Gasteiger partial charge on any atom is 0.302 e. The maximum absolute atomic E-state index is 9.59. The molecule has 3 nitrogen and oxygen atoms in total. The SMILES string of the molecule is CC.CCCCCC(C)NC.COC(C)=O. The van der Waals surface area contributed by atoms with Gasteiger partial charge in [-0.15, -0.1) is 0 Å². The molecule has 0 bridgehead atoms. The number of methoxy groups -OCH3 is 1. The summed E-state index contributed by atoms with van der Waals surface area (Å²) in [5.41, 5.74) is 0. The molecule has 0 aromatic carbocycles. The van der Waals surface area contributed by atoms with Gasteiger partial charge in [0.1, 0.15) is 0 Å². The van der Waals surface area contributed by atoms with Crippen LogP contribution in [0.5, 0.6) is 0 Å². The first kappa shape index (κ1) is 20.8. The van der Waals surface area contributed by atoms with Gasteiger partial charge in [0.25, 0.3) is 0 Å². The molecule has 3 heteroatoms. The van der Waals surface area contributed by atoms with E-state index in [2.05, 4.69) is 23.9 Å². The fourth-order valence-corrected chi connectivity index (χ4v) is 0.845.